The first-order valence-corrected chi connectivity index (χ1v) is 7.21. The van der Waals surface area contributed by atoms with Crippen molar-refractivity contribution in [3.05, 3.63) is 58.1 Å². The third-order valence-electron chi connectivity index (χ3n) is 2.85. The second-order valence-corrected chi connectivity index (χ2v) is 5.32. The maximum absolute atomic E-state index is 11.1. The molecule has 0 bridgehead atoms. The molecular weight excluding hydrogens is 336 g/mol. The molecule has 0 aliphatic carbocycles. The Labute approximate surface area is 131 Å². The molecule has 0 unspecified atom stereocenters. The van der Waals surface area contributed by atoms with Crippen LogP contribution in [0.4, 0.5) is 0 Å². The highest BCUT2D eigenvalue weighted by Crippen LogP contribution is 2.23. The minimum Gasteiger partial charge on any atom is -0.490 e. The van der Waals surface area contributed by atoms with Crippen molar-refractivity contribution in [1.82, 2.24) is 0 Å². The van der Waals surface area contributed by atoms with Gasteiger partial charge in [0.2, 0.25) is 0 Å². The van der Waals surface area contributed by atoms with Gasteiger partial charge < -0.3 is 14.6 Å². The van der Waals surface area contributed by atoms with E-state index in [1.54, 1.807) is 6.07 Å². The number of rotatable bonds is 6. The SMILES string of the molecule is Cc1cccc(C(=O)O)c1OCCOc1ccc(Br)cc1. The molecular formula is C16H15BrO4. The Bertz CT molecular complexity index is 623. The van der Waals surface area contributed by atoms with Crippen LogP contribution in [0.25, 0.3) is 0 Å². The smallest absolute Gasteiger partial charge is 0.339 e. The van der Waals surface area contributed by atoms with E-state index in [4.69, 9.17) is 14.6 Å². The van der Waals surface area contributed by atoms with E-state index in [1.165, 1.54) is 6.07 Å². The van der Waals surface area contributed by atoms with Crippen LogP contribution in [-0.4, -0.2) is 24.3 Å². The number of benzene rings is 2. The summed E-state index contributed by atoms with van der Waals surface area (Å²) < 4.78 is 12.1. The van der Waals surface area contributed by atoms with E-state index in [-0.39, 0.29) is 12.2 Å². The van der Waals surface area contributed by atoms with E-state index in [1.807, 2.05) is 37.3 Å². The summed E-state index contributed by atoms with van der Waals surface area (Å²) in [6, 6.07) is 12.5. The van der Waals surface area contributed by atoms with Gasteiger partial charge >= 0.3 is 5.97 Å². The molecule has 0 aliphatic rings. The monoisotopic (exact) mass is 350 g/mol. The van der Waals surface area contributed by atoms with Gasteiger partial charge in [0.05, 0.1) is 0 Å². The molecule has 1 N–H and O–H groups in total. The number of para-hydroxylation sites is 1. The van der Waals surface area contributed by atoms with E-state index in [2.05, 4.69) is 15.9 Å². The summed E-state index contributed by atoms with van der Waals surface area (Å²) in [6.07, 6.45) is 0. The lowest BCUT2D eigenvalue weighted by Crippen LogP contribution is -2.12. The fourth-order valence-electron chi connectivity index (χ4n) is 1.85. The van der Waals surface area contributed by atoms with Crippen LogP contribution >= 0.6 is 15.9 Å². The number of hydrogen-bond donors (Lipinski definition) is 1. The number of aromatic carboxylic acids is 1. The van der Waals surface area contributed by atoms with E-state index >= 15 is 0 Å². The molecule has 0 saturated carbocycles. The van der Waals surface area contributed by atoms with Gasteiger partial charge in [-0.15, -0.1) is 0 Å². The molecule has 2 rings (SSSR count). The summed E-state index contributed by atoms with van der Waals surface area (Å²) in [6.45, 7) is 2.44. The molecule has 0 atom stereocenters. The molecule has 4 nitrogen and oxygen atoms in total. The van der Waals surface area contributed by atoms with Crippen LogP contribution in [0.3, 0.4) is 0 Å². The largest absolute Gasteiger partial charge is 0.490 e. The molecule has 0 spiro atoms. The van der Waals surface area contributed by atoms with Gasteiger partial charge in [-0.2, -0.15) is 0 Å². The summed E-state index contributed by atoms with van der Waals surface area (Å²) in [5.74, 6) is 0.136. The Hall–Kier alpha value is -2.01. The summed E-state index contributed by atoms with van der Waals surface area (Å²) >= 11 is 3.35. The predicted molar refractivity (Wildman–Crippen MR) is 83.3 cm³/mol. The lowest BCUT2D eigenvalue weighted by Gasteiger charge is -2.12. The van der Waals surface area contributed by atoms with Crippen molar-refractivity contribution in [3.8, 4) is 11.5 Å². The lowest BCUT2D eigenvalue weighted by molar-refractivity contribution is 0.0691. The van der Waals surface area contributed by atoms with Crippen LogP contribution in [0, 0.1) is 6.92 Å². The van der Waals surface area contributed by atoms with Crippen molar-refractivity contribution in [2.45, 2.75) is 6.92 Å². The number of halogens is 1. The van der Waals surface area contributed by atoms with Crippen LogP contribution < -0.4 is 9.47 Å². The quantitative estimate of drug-likeness (QED) is 0.802. The molecule has 5 heteroatoms. The summed E-state index contributed by atoms with van der Waals surface area (Å²) in [5, 5.41) is 9.13. The number of carboxylic acids is 1. The Balaban J connectivity index is 1.92. The van der Waals surface area contributed by atoms with Gasteiger partial charge in [0.25, 0.3) is 0 Å². The molecule has 0 radical (unpaired) electrons. The fourth-order valence-corrected chi connectivity index (χ4v) is 2.11. The van der Waals surface area contributed by atoms with Crippen LogP contribution in [0.5, 0.6) is 11.5 Å². The number of ether oxygens (including phenoxy) is 2. The molecule has 21 heavy (non-hydrogen) atoms. The van der Waals surface area contributed by atoms with Gasteiger partial charge in [0.15, 0.2) is 0 Å². The average molecular weight is 351 g/mol. The number of hydrogen-bond acceptors (Lipinski definition) is 3. The van der Waals surface area contributed by atoms with Crippen LogP contribution in [-0.2, 0) is 0 Å². The van der Waals surface area contributed by atoms with Crippen LogP contribution in [0.1, 0.15) is 15.9 Å². The number of aryl methyl sites for hydroxylation is 1. The summed E-state index contributed by atoms with van der Waals surface area (Å²) in [4.78, 5) is 11.1. The lowest BCUT2D eigenvalue weighted by atomic mass is 10.1. The second kappa shape index (κ2) is 7.13. The molecule has 110 valence electrons. The first-order valence-electron chi connectivity index (χ1n) is 6.42. The molecule has 0 aliphatic heterocycles. The van der Waals surface area contributed by atoms with Crippen molar-refractivity contribution >= 4 is 21.9 Å². The van der Waals surface area contributed by atoms with Crippen molar-refractivity contribution in [2.24, 2.45) is 0 Å². The van der Waals surface area contributed by atoms with Gasteiger partial charge in [-0.1, -0.05) is 28.1 Å². The van der Waals surface area contributed by atoms with Gasteiger partial charge in [-0.05, 0) is 42.8 Å². The normalized spacial score (nSPS) is 10.2. The van der Waals surface area contributed by atoms with Gasteiger partial charge in [-0.3, -0.25) is 0 Å². The van der Waals surface area contributed by atoms with E-state index in [9.17, 15) is 4.79 Å². The average Bonchev–Trinajstić information content (AvgIpc) is 2.46. The summed E-state index contributed by atoms with van der Waals surface area (Å²) in [7, 11) is 0. The zero-order valence-electron chi connectivity index (χ0n) is 11.5. The van der Waals surface area contributed by atoms with E-state index in [0.717, 1.165) is 15.8 Å². The highest BCUT2D eigenvalue weighted by atomic mass is 79.9. The third-order valence-corrected chi connectivity index (χ3v) is 3.38. The van der Waals surface area contributed by atoms with E-state index < -0.39 is 5.97 Å². The van der Waals surface area contributed by atoms with Gasteiger partial charge in [0, 0.05) is 4.47 Å². The van der Waals surface area contributed by atoms with Gasteiger partial charge in [-0.25, -0.2) is 4.79 Å². The molecule has 2 aromatic rings. The topological polar surface area (TPSA) is 55.8 Å². The molecule has 0 amide bonds. The molecule has 0 aromatic heterocycles. The molecule has 0 heterocycles. The Kier molecular flexibility index (Phi) is 5.22. The third kappa shape index (κ3) is 4.23. The summed E-state index contributed by atoms with van der Waals surface area (Å²) in [5.41, 5.74) is 0.956. The Morgan fingerprint density at radius 3 is 2.43 bits per heavy atom. The minimum absolute atomic E-state index is 0.165. The standard InChI is InChI=1S/C16H15BrO4/c1-11-3-2-4-14(16(18)19)15(11)21-10-9-20-13-7-5-12(17)6-8-13/h2-8H,9-10H2,1H3,(H,18,19). The minimum atomic E-state index is -0.998. The maximum Gasteiger partial charge on any atom is 0.339 e. The van der Waals surface area contributed by atoms with Crippen molar-refractivity contribution in [3.63, 3.8) is 0 Å². The number of carboxylic acid groups (broad SMARTS) is 1. The van der Waals surface area contributed by atoms with Crippen molar-refractivity contribution in [1.29, 1.82) is 0 Å². The van der Waals surface area contributed by atoms with Crippen LogP contribution in [0.2, 0.25) is 0 Å². The maximum atomic E-state index is 11.1. The first-order chi connectivity index (χ1) is 10.1. The molecule has 0 saturated heterocycles. The van der Waals surface area contributed by atoms with Crippen LogP contribution in [0.15, 0.2) is 46.9 Å². The first kappa shape index (κ1) is 15.4. The second-order valence-electron chi connectivity index (χ2n) is 4.41. The highest BCUT2D eigenvalue weighted by molar-refractivity contribution is 9.10. The zero-order valence-corrected chi connectivity index (χ0v) is 13.1. The number of carbonyl (C=O) groups is 1. The van der Waals surface area contributed by atoms with Crippen molar-refractivity contribution in [2.75, 3.05) is 13.2 Å². The fraction of sp³-hybridized carbons (Fsp3) is 0.188. The molecule has 2 aromatic carbocycles. The zero-order chi connectivity index (χ0) is 15.2. The Morgan fingerprint density at radius 1 is 1.10 bits per heavy atom. The van der Waals surface area contributed by atoms with E-state index in [0.29, 0.717) is 12.4 Å². The van der Waals surface area contributed by atoms with Crippen molar-refractivity contribution < 1.29 is 19.4 Å². The van der Waals surface area contributed by atoms with Gasteiger partial charge in [0.1, 0.15) is 30.3 Å². The highest BCUT2D eigenvalue weighted by Gasteiger charge is 2.13. The predicted octanol–water partition coefficient (Wildman–Crippen LogP) is 3.91. The molecule has 0 fully saturated rings. The Morgan fingerprint density at radius 2 is 1.76 bits per heavy atom.